The predicted octanol–water partition coefficient (Wildman–Crippen LogP) is 1.94. The van der Waals surface area contributed by atoms with E-state index in [0.29, 0.717) is 24.2 Å². The fraction of sp³-hybridized carbons (Fsp3) is 0.333. The van der Waals surface area contributed by atoms with Gasteiger partial charge in [-0.3, -0.25) is 9.59 Å². The van der Waals surface area contributed by atoms with Crippen molar-refractivity contribution in [1.82, 2.24) is 20.3 Å². The van der Waals surface area contributed by atoms with Crippen LogP contribution in [-0.4, -0.2) is 27.5 Å². The number of nitrogens with zero attached hydrogens (tertiary/aromatic N) is 2. The van der Waals surface area contributed by atoms with E-state index in [0.717, 1.165) is 5.56 Å². The van der Waals surface area contributed by atoms with E-state index in [1.165, 1.54) is 19.2 Å². The number of nitrogens with one attached hydrogen (secondary N) is 2. The van der Waals surface area contributed by atoms with Gasteiger partial charge in [-0.2, -0.15) is 0 Å². The Balaban J connectivity index is 1.44. The van der Waals surface area contributed by atoms with Crippen molar-refractivity contribution in [3.63, 3.8) is 0 Å². The second kappa shape index (κ2) is 6.62. The first kappa shape index (κ1) is 16.3. The highest BCUT2D eigenvalue weighted by molar-refractivity contribution is 6.06. The SMILES string of the molecule is Cc1oc2nc[nH]c(=O)c2c1C(=O)NCc1ccc(OCC2CC2)nc1. The van der Waals surface area contributed by atoms with Crippen LogP contribution in [0.5, 0.6) is 5.88 Å². The average Bonchev–Trinajstić information content (AvgIpc) is 3.40. The first-order valence-electron chi connectivity index (χ1n) is 8.44. The molecule has 3 heterocycles. The Morgan fingerprint density at radius 1 is 1.38 bits per heavy atom. The zero-order valence-corrected chi connectivity index (χ0v) is 14.2. The number of fused-ring (bicyclic) bond motifs is 1. The minimum absolute atomic E-state index is 0.148. The van der Waals surface area contributed by atoms with Gasteiger partial charge >= 0.3 is 0 Å². The van der Waals surface area contributed by atoms with Crippen LogP contribution in [-0.2, 0) is 6.54 Å². The number of rotatable bonds is 6. The summed E-state index contributed by atoms with van der Waals surface area (Å²) in [6.45, 7) is 2.61. The summed E-state index contributed by atoms with van der Waals surface area (Å²) in [6, 6.07) is 3.64. The maximum Gasteiger partial charge on any atom is 0.262 e. The summed E-state index contributed by atoms with van der Waals surface area (Å²) in [5.74, 6) is 1.21. The summed E-state index contributed by atoms with van der Waals surface area (Å²) in [7, 11) is 0. The highest BCUT2D eigenvalue weighted by atomic mass is 16.5. The van der Waals surface area contributed by atoms with Crippen LogP contribution in [0.15, 0.2) is 33.9 Å². The van der Waals surface area contributed by atoms with Crippen LogP contribution in [0.1, 0.15) is 34.5 Å². The minimum atomic E-state index is -0.407. The molecule has 134 valence electrons. The number of furan rings is 1. The Morgan fingerprint density at radius 2 is 2.23 bits per heavy atom. The molecule has 2 N–H and O–H groups in total. The number of amides is 1. The van der Waals surface area contributed by atoms with Crippen LogP contribution in [0.4, 0.5) is 0 Å². The summed E-state index contributed by atoms with van der Waals surface area (Å²) in [6.07, 6.45) is 5.36. The molecule has 0 atom stereocenters. The van der Waals surface area contributed by atoms with Crippen LogP contribution < -0.4 is 15.6 Å². The molecule has 1 aliphatic rings. The number of ether oxygens (including phenoxy) is 1. The van der Waals surface area contributed by atoms with Gasteiger partial charge in [0.2, 0.25) is 11.6 Å². The fourth-order valence-electron chi connectivity index (χ4n) is 2.69. The lowest BCUT2D eigenvalue weighted by molar-refractivity contribution is 0.0950. The van der Waals surface area contributed by atoms with E-state index in [9.17, 15) is 9.59 Å². The van der Waals surface area contributed by atoms with Crippen molar-refractivity contribution in [2.24, 2.45) is 5.92 Å². The van der Waals surface area contributed by atoms with E-state index >= 15 is 0 Å². The molecule has 8 nitrogen and oxygen atoms in total. The van der Waals surface area contributed by atoms with Gasteiger partial charge in [0.15, 0.2) is 0 Å². The molecule has 1 amide bonds. The zero-order valence-electron chi connectivity index (χ0n) is 14.2. The minimum Gasteiger partial charge on any atom is -0.477 e. The molecule has 4 rings (SSSR count). The zero-order chi connectivity index (χ0) is 18.1. The van der Waals surface area contributed by atoms with E-state index in [1.807, 2.05) is 6.07 Å². The normalized spacial score (nSPS) is 13.7. The molecule has 3 aromatic rings. The second-order valence-corrected chi connectivity index (χ2v) is 6.39. The van der Waals surface area contributed by atoms with Crippen molar-refractivity contribution in [1.29, 1.82) is 0 Å². The van der Waals surface area contributed by atoms with Crippen LogP contribution in [0.2, 0.25) is 0 Å². The summed E-state index contributed by atoms with van der Waals surface area (Å²) < 4.78 is 11.0. The van der Waals surface area contributed by atoms with Gasteiger partial charge in [0, 0.05) is 18.8 Å². The van der Waals surface area contributed by atoms with E-state index in [4.69, 9.17) is 9.15 Å². The maximum absolute atomic E-state index is 12.5. The van der Waals surface area contributed by atoms with Crippen LogP contribution in [0.3, 0.4) is 0 Å². The summed E-state index contributed by atoms with van der Waals surface area (Å²) in [5.41, 5.74) is 0.771. The van der Waals surface area contributed by atoms with Crippen molar-refractivity contribution < 1.29 is 13.9 Å². The first-order chi connectivity index (χ1) is 12.6. The van der Waals surface area contributed by atoms with Crippen molar-refractivity contribution in [2.45, 2.75) is 26.3 Å². The molecule has 0 bridgehead atoms. The third-order valence-electron chi connectivity index (χ3n) is 4.31. The molecule has 0 aromatic carbocycles. The molecular weight excluding hydrogens is 336 g/mol. The maximum atomic E-state index is 12.5. The molecule has 0 spiro atoms. The summed E-state index contributed by atoms with van der Waals surface area (Å²) in [5, 5.41) is 2.94. The number of aromatic nitrogens is 3. The van der Waals surface area contributed by atoms with Gasteiger partial charge in [-0.05, 0) is 31.2 Å². The number of H-pyrrole nitrogens is 1. The standard InChI is InChI=1S/C18H18N4O4/c1-10-14(15-17(24)21-9-22-18(15)26-10)16(23)20-7-12-4-5-13(19-6-12)25-8-11-2-3-11/h4-6,9,11H,2-3,7-8H2,1H3,(H,20,23)(H,21,22,24). The largest absolute Gasteiger partial charge is 0.477 e. The Labute approximate surface area is 148 Å². The molecule has 1 fully saturated rings. The summed E-state index contributed by atoms with van der Waals surface area (Å²) >= 11 is 0. The number of carbonyl (C=O) groups excluding carboxylic acids is 1. The number of pyridine rings is 1. The number of aromatic amines is 1. The Morgan fingerprint density at radius 3 is 2.96 bits per heavy atom. The quantitative estimate of drug-likeness (QED) is 0.700. The number of hydrogen-bond donors (Lipinski definition) is 2. The van der Waals surface area contributed by atoms with Gasteiger partial charge in [-0.15, -0.1) is 0 Å². The fourth-order valence-corrected chi connectivity index (χ4v) is 2.69. The second-order valence-electron chi connectivity index (χ2n) is 6.39. The van der Waals surface area contributed by atoms with Crippen LogP contribution >= 0.6 is 0 Å². The average molecular weight is 354 g/mol. The van der Waals surface area contributed by atoms with Gasteiger partial charge in [-0.1, -0.05) is 6.07 Å². The topological polar surface area (TPSA) is 110 Å². The molecular formula is C18H18N4O4. The first-order valence-corrected chi connectivity index (χ1v) is 8.44. The van der Waals surface area contributed by atoms with Gasteiger partial charge in [0.1, 0.15) is 11.1 Å². The molecule has 0 aliphatic heterocycles. The molecule has 26 heavy (non-hydrogen) atoms. The van der Waals surface area contributed by atoms with E-state index in [2.05, 4.69) is 20.3 Å². The third-order valence-corrected chi connectivity index (χ3v) is 4.31. The smallest absolute Gasteiger partial charge is 0.262 e. The molecule has 1 aliphatic carbocycles. The number of aryl methyl sites for hydroxylation is 1. The third kappa shape index (κ3) is 3.30. The monoisotopic (exact) mass is 354 g/mol. The van der Waals surface area contributed by atoms with Gasteiger partial charge in [0.25, 0.3) is 11.5 Å². The molecule has 8 heteroatoms. The number of carbonyl (C=O) groups is 1. The van der Waals surface area contributed by atoms with Gasteiger partial charge in [-0.25, -0.2) is 9.97 Å². The van der Waals surface area contributed by atoms with Crippen molar-refractivity contribution in [3.8, 4) is 5.88 Å². The Bertz CT molecular complexity index is 1000. The Kier molecular flexibility index (Phi) is 4.16. The van der Waals surface area contributed by atoms with Crippen molar-refractivity contribution in [3.05, 3.63) is 51.9 Å². The van der Waals surface area contributed by atoms with Crippen molar-refractivity contribution >= 4 is 17.0 Å². The summed E-state index contributed by atoms with van der Waals surface area (Å²) in [4.78, 5) is 35.1. The molecule has 0 unspecified atom stereocenters. The lowest BCUT2D eigenvalue weighted by Crippen LogP contribution is -2.24. The highest BCUT2D eigenvalue weighted by Gasteiger charge is 2.22. The van der Waals surface area contributed by atoms with Crippen molar-refractivity contribution in [2.75, 3.05) is 6.61 Å². The Hall–Kier alpha value is -3.16. The lowest BCUT2D eigenvalue weighted by Gasteiger charge is -2.07. The predicted molar refractivity (Wildman–Crippen MR) is 93.0 cm³/mol. The van der Waals surface area contributed by atoms with E-state index in [1.54, 1.807) is 19.2 Å². The lowest BCUT2D eigenvalue weighted by atomic mass is 10.1. The molecule has 0 radical (unpaired) electrons. The van der Waals surface area contributed by atoms with Gasteiger partial charge in [0.05, 0.1) is 18.5 Å². The van der Waals surface area contributed by atoms with Crippen LogP contribution in [0.25, 0.3) is 11.1 Å². The molecule has 3 aromatic heterocycles. The molecule has 0 saturated heterocycles. The molecule has 1 saturated carbocycles. The van der Waals surface area contributed by atoms with E-state index < -0.39 is 11.5 Å². The number of hydrogen-bond acceptors (Lipinski definition) is 6. The van der Waals surface area contributed by atoms with Crippen LogP contribution in [0, 0.1) is 12.8 Å². The van der Waals surface area contributed by atoms with Gasteiger partial charge < -0.3 is 19.5 Å². The highest BCUT2D eigenvalue weighted by Crippen LogP contribution is 2.29. The van der Waals surface area contributed by atoms with E-state index in [-0.39, 0.29) is 23.2 Å².